The molecule has 0 radical (unpaired) electrons. The van der Waals surface area contributed by atoms with Crippen LogP contribution in [0.5, 0.6) is 0 Å². The Morgan fingerprint density at radius 3 is 1.41 bits per heavy atom. The second-order valence-corrected chi connectivity index (χ2v) is 15.5. The number of nitrogens with zero attached hydrogens (tertiary/aromatic N) is 1. The van der Waals surface area contributed by atoms with E-state index in [0.29, 0.717) is 19.4 Å². The lowest BCUT2D eigenvalue weighted by Crippen LogP contribution is -2.38. The highest BCUT2D eigenvalue weighted by molar-refractivity contribution is 5.70. The monoisotopic (exact) mass is 763 g/mol. The number of amides is 1. The molecule has 0 aromatic carbocycles. The number of hydrogen-bond acceptors (Lipinski definition) is 7. The minimum Gasteiger partial charge on any atom is -0.462 e. The molecule has 0 spiro atoms. The second-order valence-electron chi connectivity index (χ2n) is 15.5. The number of ether oxygens (including phenoxy) is 3. The lowest BCUT2D eigenvalue weighted by Gasteiger charge is -2.19. The molecule has 0 rings (SSSR count). The van der Waals surface area contributed by atoms with Gasteiger partial charge in [-0.15, -0.1) is 0 Å². The van der Waals surface area contributed by atoms with Gasteiger partial charge in [0.15, 0.2) is 6.10 Å². The van der Waals surface area contributed by atoms with Gasteiger partial charge in [-0.05, 0) is 97.7 Å². The van der Waals surface area contributed by atoms with Crippen molar-refractivity contribution in [3.05, 3.63) is 24.3 Å². The predicted molar refractivity (Wildman–Crippen MR) is 227 cm³/mol. The maximum absolute atomic E-state index is 12.7. The number of esters is 2. The third kappa shape index (κ3) is 40.8. The van der Waals surface area contributed by atoms with Gasteiger partial charge in [0, 0.05) is 12.8 Å². The van der Waals surface area contributed by atoms with Crippen molar-refractivity contribution < 1.29 is 28.6 Å². The van der Waals surface area contributed by atoms with Crippen molar-refractivity contribution in [2.24, 2.45) is 0 Å². The van der Waals surface area contributed by atoms with E-state index in [-0.39, 0.29) is 25.1 Å². The number of hydrogen-bond donors (Lipinski definition) is 1. The quantitative estimate of drug-likeness (QED) is 0.0287. The number of nitrogens with one attached hydrogen (secondary N) is 1. The van der Waals surface area contributed by atoms with Crippen LogP contribution in [0, 0.1) is 0 Å². The highest BCUT2D eigenvalue weighted by Crippen LogP contribution is 2.13. The SMILES string of the molecule is CCCCCCCCC=CCCCCCCCC(=O)OCC(CNC(=O)OCCCCN(C)C)OC(=O)CCCCCCCC=CCCCCCCCC. The molecule has 8 nitrogen and oxygen atoms in total. The van der Waals surface area contributed by atoms with Crippen molar-refractivity contribution in [1.29, 1.82) is 0 Å². The fourth-order valence-corrected chi connectivity index (χ4v) is 6.26. The average molecular weight is 763 g/mol. The van der Waals surface area contributed by atoms with Crippen LogP contribution in [-0.4, -0.2) is 69.4 Å². The maximum Gasteiger partial charge on any atom is 0.407 e. The lowest BCUT2D eigenvalue weighted by atomic mass is 10.1. The molecule has 0 aromatic rings. The van der Waals surface area contributed by atoms with Gasteiger partial charge in [-0.1, -0.05) is 141 Å². The van der Waals surface area contributed by atoms with Crippen molar-refractivity contribution in [3.63, 3.8) is 0 Å². The van der Waals surface area contributed by atoms with Gasteiger partial charge in [0.05, 0.1) is 13.2 Å². The Hall–Kier alpha value is -2.35. The van der Waals surface area contributed by atoms with Gasteiger partial charge in [0.25, 0.3) is 0 Å². The van der Waals surface area contributed by atoms with Crippen molar-refractivity contribution in [1.82, 2.24) is 10.2 Å². The van der Waals surface area contributed by atoms with E-state index in [9.17, 15) is 14.4 Å². The van der Waals surface area contributed by atoms with Crippen LogP contribution in [-0.2, 0) is 23.8 Å². The van der Waals surface area contributed by atoms with Crippen LogP contribution >= 0.6 is 0 Å². The Bertz CT molecular complexity index is 906. The summed E-state index contributed by atoms with van der Waals surface area (Å²) >= 11 is 0. The Morgan fingerprint density at radius 1 is 0.519 bits per heavy atom. The van der Waals surface area contributed by atoms with Crippen LogP contribution < -0.4 is 5.32 Å². The molecule has 1 N–H and O–H groups in total. The molecule has 0 aliphatic rings. The van der Waals surface area contributed by atoms with Crippen LogP contribution in [0.3, 0.4) is 0 Å². The van der Waals surface area contributed by atoms with Gasteiger partial charge in [-0.25, -0.2) is 4.79 Å². The molecule has 54 heavy (non-hydrogen) atoms. The molecule has 0 aromatic heterocycles. The standard InChI is InChI=1S/C46H86N2O6/c1-5-7-9-11-13-15-17-19-21-23-25-27-29-31-33-37-44(49)53-42-43(41-47-46(51)52-40-36-35-39-48(3)4)54-45(50)38-34-32-30-28-26-24-22-20-18-16-14-12-10-8-6-2/h19-22,43H,5-18,23-42H2,1-4H3,(H,47,51). The van der Waals surface area contributed by atoms with Crippen LogP contribution in [0.25, 0.3) is 0 Å². The Kier molecular flexibility index (Phi) is 40.0. The van der Waals surface area contributed by atoms with E-state index in [1.807, 2.05) is 14.1 Å². The van der Waals surface area contributed by atoms with Gasteiger partial charge in [-0.3, -0.25) is 9.59 Å². The number of carbonyl (C=O) groups excluding carboxylic acids is 3. The van der Waals surface area contributed by atoms with Crippen LogP contribution in [0.4, 0.5) is 4.79 Å². The first-order valence-electron chi connectivity index (χ1n) is 22.6. The van der Waals surface area contributed by atoms with E-state index in [1.165, 1.54) is 109 Å². The molecule has 0 heterocycles. The summed E-state index contributed by atoms with van der Waals surface area (Å²) in [7, 11) is 4.02. The summed E-state index contributed by atoms with van der Waals surface area (Å²) < 4.78 is 16.4. The van der Waals surface area contributed by atoms with Gasteiger partial charge in [0.1, 0.15) is 6.61 Å². The fraction of sp³-hybridized carbons (Fsp3) is 0.848. The topological polar surface area (TPSA) is 94.2 Å². The number of rotatable bonds is 40. The van der Waals surface area contributed by atoms with Crippen LogP contribution in [0.2, 0.25) is 0 Å². The van der Waals surface area contributed by atoms with Gasteiger partial charge < -0.3 is 24.4 Å². The molecular weight excluding hydrogens is 677 g/mol. The third-order valence-corrected chi connectivity index (χ3v) is 9.72. The first kappa shape index (κ1) is 51.6. The zero-order valence-corrected chi connectivity index (χ0v) is 35.8. The Labute approximate surface area is 333 Å². The molecule has 0 fully saturated rings. The van der Waals surface area contributed by atoms with E-state index in [2.05, 4.69) is 48.4 Å². The molecule has 0 aliphatic heterocycles. The zero-order valence-electron chi connectivity index (χ0n) is 35.8. The number of alkyl carbamates (subject to hydrolysis) is 1. The smallest absolute Gasteiger partial charge is 0.407 e. The fourth-order valence-electron chi connectivity index (χ4n) is 6.26. The normalized spacial score (nSPS) is 12.2. The molecule has 8 heteroatoms. The van der Waals surface area contributed by atoms with Crippen LogP contribution in [0.15, 0.2) is 24.3 Å². The predicted octanol–water partition coefficient (Wildman–Crippen LogP) is 12.6. The van der Waals surface area contributed by atoms with E-state index in [0.717, 1.165) is 77.2 Å². The highest BCUT2D eigenvalue weighted by Gasteiger charge is 2.18. The van der Waals surface area contributed by atoms with Crippen LogP contribution in [0.1, 0.15) is 206 Å². The van der Waals surface area contributed by atoms with E-state index in [4.69, 9.17) is 14.2 Å². The summed E-state index contributed by atoms with van der Waals surface area (Å²) in [5.74, 6) is -0.626. The molecule has 316 valence electrons. The number of unbranched alkanes of at least 4 members (excludes halogenated alkanes) is 23. The van der Waals surface area contributed by atoms with Crippen molar-refractivity contribution >= 4 is 18.0 Å². The third-order valence-electron chi connectivity index (χ3n) is 9.72. The summed E-state index contributed by atoms with van der Waals surface area (Å²) in [6.45, 7) is 5.73. The molecule has 1 unspecified atom stereocenters. The Morgan fingerprint density at radius 2 is 0.944 bits per heavy atom. The van der Waals surface area contributed by atoms with E-state index < -0.39 is 12.2 Å². The van der Waals surface area contributed by atoms with E-state index in [1.54, 1.807) is 0 Å². The number of allylic oxidation sites excluding steroid dienone is 4. The molecule has 0 saturated carbocycles. The van der Waals surface area contributed by atoms with Crippen molar-refractivity contribution in [2.45, 2.75) is 213 Å². The lowest BCUT2D eigenvalue weighted by molar-refractivity contribution is -0.158. The zero-order chi connectivity index (χ0) is 39.6. The van der Waals surface area contributed by atoms with Gasteiger partial charge in [0.2, 0.25) is 0 Å². The van der Waals surface area contributed by atoms with Crippen molar-refractivity contribution in [3.8, 4) is 0 Å². The summed E-state index contributed by atoms with van der Waals surface area (Å²) in [6.07, 6.45) is 41.6. The molecular formula is C46H86N2O6. The Balaban J connectivity index is 4.28. The highest BCUT2D eigenvalue weighted by atomic mass is 16.6. The molecule has 0 bridgehead atoms. The molecule has 0 aliphatic carbocycles. The van der Waals surface area contributed by atoms with E-state index >= 15 is 0 Å². The van der Waals surface area contributed by atoms with Gasteiger partial charge in [-0.2, -0.15) is 0 Å². The summed E-state index contributed by atoms with van der Waals surface area (Å²) in [4.78, 5) is 39.5. The first-order valence-corrected chi connectivity index (χ1v) is 22.6. The maximum atomic E-state index is 12.7. The minimum absolute atomic E-state index is 0.0370. The summed E-state index contributed by atoms with van der Waals surface area (Å²) in [5.41, 5.74) is 0. The van der Waals surface area contributed by atoms with Crippen molar-refractivity contribution in [2.75, 3.05) is 40.4 Å². The largest absolute Gasteiger partial charge is 0.462 e. The summed E-state index contributed by atoms with van der Waals surface area (Å²) in [6, 6.07) is 0. The molecule has 1 atom stereocenters. The first-order chi connectivity index (χ1) is 26.4. The molecule has 0 saturated heterocycles. The minimum atomic E-state index is -0.750. The van der Waals surface area contributed by atoms with Gasteiger partial charge >= 0.3 is 18.0 Å². The number of carbonyl (C=O) groups is 3. The second kappa shape index (κ2) is 41.8. The summed E-state index contributed by atoms with van der Waals surface area (Å²) in [5, 5.41) is 2.68. The molecule has 1 amide bonds. The average Bonchev–Trinajstić information content (AvgIpc) is 3.15.